The van der Waals surface area contributed by atoms with Crippen molar-refractivity contribution in [1.82, 2.24) is 9.97 Å². The smallest absolute Gasteiger partial charge is 0.207 e. The summed E-state index contributed by atoms with van der Waals surface area (Å²) in [4.78, 5) is 21.1. The van der Waals surface area contributed by atoms with E-state index in [0.29, 0.717) is 40.1 Å². The number of aliphatic hydroxyl groups is 1. The summed E-state index contributed by atoms with van der Waals surface area (Å²) in [6.45, 7) is 2.29. The van der Waals surface area contributed by atoms with Gasteiger partial charge in [0.1, 0.15) is 11.4 Å². The predicted octanol–water partition coefficient (Wildman–Crippen LogP) is 4.99. The largest absolute Gasteiger partial charge is 0.494 e. The number of halogens is 1. The highest BCUT2D eigenvalue weighted by Crippen LogP contribution is 2.33. The molecule has 0 unspecified atom stereocenters. The van der Waals surface area contributed by atoms with Gasteiger partial charge >= 0.3 is 0 Å². The van der Waals surface area contributed by atoms with E-state index in [1.165, 1.54) is 19.2 Å². The third kappa shape index (κ3) is 5.00. The van der Waals surface area contributed by atoms with Crippen LogP contribution in [0, 0.1) is 12.7 Å². The number of ether oxygens (including phenoxy) is 3. The van der Waals surface area contributed by atoms with Gasteiger partial charge in [-0.3, -0.25) is 4.79 Å². The van der Waals surface area contributed by atoms with E-state index in [1.54, 1.807) is 36.7 Å². The highest BCUT2D eigenvalue weighted by atomic mass is 19.1. The number of H-pyrrole nitrogens is 1. The van der Waals surface area contributed by atoms with Gasteiger partial charge in [-0.05, 0) is 61.7 Å². The third-order valence-electron chi connectivity index (χ3n) is 6.57. The lowest BCUT2D eigenvalue weighted by molar-refractivity contribution is -0.0223. The minimum atomic E-state index is -0.593. The van der Waals surface area contributed by atoms with Crippen LogP contribution in [-0.2, 0) is 4.74 Å². The summed E-state index contributed by atoms with van der Waals surface area (Å²) in [5, 5.41) is 13.5. The van der Waals surface area contributed by atoms with Gasteiger partial charge in [0.25, 0.3) is 0 Å². The Hall–Kier alpha value is -3.95. The molecule has 1 saturated heterocycles. The van der Waals surface area contributed by atoms with Crippen molar-refractivity contribution in [3.8, 4) is 17.2 Å². The van der Waals surface area contributed by atoms with Gasteiger partial charge in [-0.1, -0.05) is 6.07 Å². The number of aromatic amines is 1. The summed E-state index contributed by atoms with van der Waals surface area (Å²) in [6, 6.07) is 11.6. The molecule has 9 heteroatoms. The standard InChI is InChI=1S/C28H28FN3O5/c1-16-12-18(37-24-5-3-4-23(35-2)26(24)29)8-9-20(16)27(34)21-13-31-28-25(21)22(10-11-30-28)32-17-6-7-19(14-33)36-15-17/h3-5,8-13,17,19,33H,6-7,14-15H2,1-2H3,(H2,30,31,32)/t17-,19+/m1/s1. The minimum absolute atomic E-state index is 0.0142. The number of carbonyl (C=O) groups is 1. The Morgan fingerprint density at radius 2 is 2.05 bits per heavy atom. The molecule has 4 aromatic rings. The molecule has 2 aromatic heterocycles. The van der Waals surface area contributed by atoms with Crippen LogP contribution in [0.3, 0.4) is 0 Å². The SMILES string of the molecule is COc1cccc(Oc2ccc(C(=O)c3c[nH]c4nccc(N[C@@H]5CC[C@@H](CO)OC5)c34)c(C)c2)c1F. The first kappa shape index (κ1) is 24.7. The van der Waals surface area contributed by atoms with Gasteiger partial charge in [-0.25, -0.2) is 4.98 Å². The summed E-state index contributed by atoms with van der Waals surface area (Å²) < 4.78 is 30.9. The highest BCUT2D eigenvalue weighted by Gasteiger charge is 2.24. The van der Waals surface area contributed by atoms with Crippen molar-refractivity contribution in [2.24, 2.45) is 0 Å². The number of aromatic nitrogens is 2. The molecule has 1 fully saturated rings. The molecule has 1 aliphatic rings. The predicted molar refractivity (Wildman–Crippen MR) is 137 cm³/mol. The monoisotopic (exact) mass is 505 g/mol. The van der Waals surface area contributed by atoms with E-state index >= 15 is 0 Å². The molecule has 0 aliphatic carbocycles. The number of aryl methyl sites for hydroxylation is 1. The number of anilines is 1. The number of nitrogens with zero attached hydrogens (tertiary/aromatic N) is 1. The summed E-state index contributed by atoms with van der Waals surface area (Å²) in [5.41, 5.74) is 3.07. The van der Waals surface area contributed by atoms with Crippen molar-refractivity contribution in [2.45, 2.75) is 31.9 Å². The number of rotatable bonds is 8. The van der Waals surface area contributed by atoms with Crippen LogP contribution in [0.4, 0.5) is 10.1 Å². The Labute approximate surface area is 213 Å². The van der Waals surface area contributed by atoms with Crippen molar-refractivity contribution in [2.75, 3.05) is 25.6 Å². The zero-order valence-electron chi connectivity index (χ0n) is 20.6. The molecule has 2 aromatic carbocycles. The van der Waals surface area contributed by atoms with Crippen LogP contribution in [0.2, 0.25) is 0 Å². The molecular weight excluding hydrogens is 477 g/mol. The molecule has 3 heterocycles. The van der Waals surface area contributed by atoms with E-state index in [1.807, 2.05) is 13.0 Å². The Morgan fingerprint density at radius 1 is 1.22 bits per heavy atom. The van der Waals surface area contributed by atoms with Crippen molar-refractivity contribution in [3.63, 3.8) is 0 Å². The molecule has 2 atom stereocenters. The van der Waals surface area contributed by atoms with Crippen molar-refractivity contribution >= 4 is 22.5 Å². The number of fused-ring (bicyclic) bond motifs is 1. The molecule has 1 aliphatic heterocycles. The van der Waals surface area contributed by atoms with E-state index in [4.69, 9.17) is 14.2 Å². The number of aliphatic hydroxyl groups excluding tert-OH is 1. The van der Waals surface area contributed by atoms with Crippen LogP contribution in [-0.4, -0.2) is 53.3 Å². The fourth-order valence-corrected chi connectivity index (χ4v) is 4.59. The molecule has 8 nitrogen and oxygen atoms in total. The van der Waals surface area contributed by atoms with E-state index in [2.05, 4.69) is 15.3 Å². The van der Waals surface area contributed by atoms with Crippen LogP contribution in [0.25, 0.3) is 11.0 Å². The average Bonchev–Trinajstić information content (AvgIpc) is 3.35. The topological polar surface area (TPSA) is 106 Å². The van der Waals surface area contributed by atoms with Crippen LogP contribution in [0.1, 0.15) is 34.3 Å². The quantitative estimate of drug-likeness (QED) is 0.290. The lowest BCUT2D eigenvalue weighted by atomic mass is 9.98. The van der Waals surface area contributed by atoms with Crippen LogP contribution in [0.5, 0.6) is 17.2 Å². The van der Waals surface area contributed by atoms with E-state index in [0.717, 1.165) is 18.5 Å². The van der Waals surface area contributed by atoms with Crippen LogP contribution < -0.4 is 14.8 Å². The van der Waals surface area contributed by atoms with Crippen LogP contribution >= 0.6 is 0 Å². The number of hydrogen-bond acceptors (Lipinski definition) is 7. The highest BCUT2D eigenvalue weighted by molar-refractivity contribution is 6.19. The number of hydrogen-bond donors (Lipinski definition) is 3. The Kier molecular flexibility index (Phi) is 7.07. The summed E-state index contributed by atoms with van der Waals surface area (Å²) in [5.74, 6) is -0.231. The zero-order chi connectivity index (χ0) is 25.9. The van der Waals surface area contributed by atoms with Gasteiger partial charge in [0, 0.05) is 29.7 Å². The second kappa shape index (κ2) is 10.6. The molecule has 5 rings (SSSR count). The number of carbonyl (C=O) groups excluding carboxylic acids is 1. The van der Waals surface area contributed by atoms with Gasteiger partial charge in [0.2, 0.25) is 5.82 Å². The Balaban J connectivity index is 1.40. The number of nitrogens with one attached hydrogen (secondary N) is 2. The molecule has 3 N–H and O–H groups in total. The van der Waals surface area contributed by atoms with E-state index in [9.17, 15) is 14.3 Å². The maximum Gasteiger partial charge on any atom is 0.207 e. The first-order valence-electron chi connectivity index (χ1n) is 12.1. The molecule has 0 saturated carbocycles. The molecule has 0 radical (unpaired) electrons. The first-order chi connectivity index (χ1) is 18.0. The van der Waals surface area contributed by atoms with Crippen LogP contribution in [0.15, 0.2) is 54.9 Å². The van der Waals surface area contributed by atoms with Gasteiger partial charge in [0.05, 0.1) is 37.4 Å². The summed E-state index contributed by atoms with van der Waals surface area (Å²) in [6.07, 6.45) is 4.83. The maximum atomic E-state index is 14.5. The molecule has 37 heavy (non-hydrogen) atoms. The van der Waals surface area contributed by atoms with Gasteiger partial charge < -0.3 is 29.6 Å². The second-order valence-electron chi connectivity index (χ2n) is 9.02. The first-order valence-corrected chi connectivity index (χ1v) is 12.1. The van der Waals surface area contributed by atoms with Gasteiger partial charge in [-0.2, -0.15) is 4.39 Å². The second-order valence-corrected chi connectivity index (χ2v) is 9.02. The minimum Gasteiger partial charge on any atom is -0.494 e. The average molecular weight is 506 g/mol. The third-order valence-corrected chi connectivity index (χ3v) is 6.57. The lowest BCUT2D eigenvalue weighted by Gasteiger charge is -2.29. The van der Waals surface area contributed by atoms with E-state index in [-0.39, 0.29) is 36.0 Å². The number of benzene rings is 2. The van der Waals surface area contributed by atoms with Gasteiger partial charge in [0.15, 0.2) is 17.3 Å². The maximum absolute atomic E-state index is 14.5. The zero-order valence-corrected chi connectivity index (χ0v) is 20.6. The van der Waals surface area contributed by atoms with Crippen molar-refractivity contribution in [1.29, 1.82) is 0 Å². The van der Waals surface area contributed by atoms with Gasteiger partial charge in [-0.15, -0.1) is 0 Å². The lowest BCUT2D eigenvalue weighted by Crippen LogP contribution is -2.36. The molecular formula is C28H28FN3O5. The fourth-order valence-electron chi connectivity index (χ4n) is 4.59. The number of methoxy groups -OCH3 is 1. The molecule has 0 bridgehead atoms. The molecule has 0 amide bonds. The normalized spacial score (nSPS) is 17.5. The Bertz CT molecular complexity index is 1430. The van der Waals surface area contributed by atoms with E-state index < -0.39 is 5.82 Å². The fraction of sp³-hybridized carbons (Fsp3) is 0.286. The van der Waals surface area contributed by atoms with Crippen molar-refractivity contribution < 1.29 is 28.5 Å². The summed E-state index contributed by atoms with van der Waals surface area (Å²) in [7, 11) is 1.39. The molecule has 192 valence electrons. The summed E-state index contributed by atoms with van der Waals surface area (Å²) >= 11 is 0. The molecule has 0 spiro atoms. The number of pyridine rings is 1. The number of ketones is 1. The van der Waals surface area contributed by atoms with Crippen molar-refractivity contribution in [3.05, 3.63) is 77.4 Å². The Morgan fingerprint density at radius 3 is 2.78 bits per heavy atom.